The molecule has 0 atom stereocenters. The van der Waals surface area contributed by atoms with E-state index in [0.717, 1.165) is 22.8 Å². The second kappa shape index (κ2) is 9.47. The molecule has 0 unspecified atom stereocenters. The van der Waals surface area contributed by atoms with Crippen LogP contribution in [-0.4, -0.2) is 9.78 Å². The summed E-state index contributed by atoms with van der Waals surface area (Å²) in [7, 11) is 0. The maximum Gasteiger partial charge on any atom is 0.418 e. The Balaban J connectivity index is 1.53. The Hall–Kier alpha value is -3.77. The van der Waals surface area contributed by atoms with Crippen molar-refractivity contribution in [2.45, 2.75) is 19.3 Å². The van der Waals surface area contributed by atoms with Crippen LogP contribution in [0.4, 0.5) is 13.2 Å². The quantitative estimate of drug-likeness (QED) is 0.240. The highest BCUT2D eigenvalue weighted by atomic mass is 35.5. The zero-order valence-electron chi connectivity index (χ0n) is 18.5. The Morgan fingerprint density at radius 2 is 1.51 bits per heavy atom. The van der Waals surface area contributed by atoms with Crippen molar-refractivity contribution < 1.29 is 17.9 Å². The zero-order chi connectivity index (χ0) is 24.4. The van der Waals surface area contributed by atoms with Crippen LogP contribution < -0.4 is 4.74 Å². The van der Waals surface area contributed by atoms with Gasteiger partial charge < -0.3 is 4.74 Å². The molecule has 0 saturated heterocycles. The molecular weight excluding hydrogens is 473 g/mol. The summed E-state index contributed by atoms with van der Waals surface area (Å²) in [6.45, 7) is 0.649. The van der Waals surface area contributed by atoms with Crippen LogP contribution in [0.3, 0.4) is 0 Å². The normalized spacial score (nSPS) is 11.7. The summed E-state index contributed by atoms with van der Waals surface area (Å²) in [5, 5.41) is 5.48. The minimum absolute atomic E-state index is 0.0648. The van der Waals surface area contributed by atoms with Gasteiger partial charge in [-0.25, -0.2) is 0 Å². The molecule has 0 bridgehead atoms. The third-order valence-electron chi connectivity index (χ3n) is 5.73. The second-order valence-corrected chi connectivity index (χ2v) is 8.50. The highest BCUT2D eigenvalue weighted by Gasteiger charge is 2.34. The molecule has 0 saturated carbocycles. The van der Waals surface area contributed by atoms with Crippen LogP contribution in [-0.2, 0) is 19.3 Å². The van der Waals surface area contributed by atoms with Gasteiger partial charge in [0.2, 0.25) is 0 Å². The number of hydrogen-bond donors (Lipinski definition) is 0. The molecule has 35 heavy (non-hydrogen) atoms. The van der Waals surface area contributed by atoms with Crippen molar-refractivity contribution in [3.05, 3.63) is 119 Å². The molecule has 176 valence electrons. The van der Waals surface area contributed by atoms with Gasteiger partial charge in [-0.1, -0.05) is 72.3 Å². The van der Waals surface area contributed by atoms with Gasteiger partial charge in [-0.05, 0) is 42.0 Å². The van der Waals surface area contributed by atoms with Crippen LogP contribution in [0.2, 0.25) is 5.02 Å². The minimum Gasteiger partial charge on any atom is -0.489 e. The Kier molecular flexibility index (Phi) is 6.22. The van der Waals surface area contributed by atoms with Crippen molar-refractivity contribution in [1.82, 2.24) is 9.78 Å². The van der Waals surface area contributed by atoms with E-state index in [9.17, 15) is 13.2 Å². The topological polar surface area (TPSA) is 27.1 Å². The van der Waals surface area contributed by atoms with E-state index < -0.39 is 11.7 Å². The van der Waals surface area contributed by atoms with Crippen LogP contribution in [0.15, 0.2) is 97.1 Å². The first kappa shape index (κ1) is 23.0. The van der Waals surface area contributed by atoms with Gasteiger partial charge >= 0.3 is 6.18 Å². The van der Waals surface area contributed by atoms with E-state index in [0.29, 0.717) is 35.0 Å². The molecular formula is C28H20ClF3N2O. The first-order chi connectivity index (χ1) is 16.9. The lowest BCUT2D eigenvalue weighted by molar-refractivity contribution is -0.136. The molecule has 0 amide bonds. The van der Waals surface area contributed by atoms with E-state index in [2.05, 4.69) is 5.10 Å². The van der Waals surface area contributed by atoms with E-state index in [1.54, 1.807) is 28.9 Å². The standard InChI is InChI=1S/C28H20ClF3N2O/c29-25-12-5-4-9-21(25)18-35-22-15-13-20(14-16-22)27-23-10-6-11-24(28(30,31)32)26(23)33-34(27)17-19-7-2-1-3-8-19/h1-16H,17-18H2. The van der Waals surface area contributed by atoms with Crippen molar-refractivity contribution in [1.29, 1.82) is 0 Å². The van der Waals surface area contributed by atoms with Gasteiger partial charge in [0.1, 0.15) is 17.9 Å². The fourth-order valence-electron chi connectivity index (χ4n) is 4.04. The van der Waals surface area contributed by atoms with E-state index in [4.69, 9.17) is 16.3 Å². The number of aromatic nitrogens is 2. The maximum absolute atomic E-state index is 13.7. The lowest BCUT2D eigenvalue weighted by atomic mass is 10.0. The molecule has 3 nitrogen and oxygen atoms in total. The predicted molar refractivity (Wildman–Crippen MR) is 131 cm³/mol. The molecule has 0 aliphatic heterocycles. The Morgan fingerprint density at radius 1 is 0.800 bits per heavy atom. The van der Waals surface area contributed by atoms with Crippen molar-refractivity contribution in [2.75, 3.05) is 0 Å². The third-order valence-corrected chi connectivity index (χ3v) is 6.10. The van der Waals surface area contributed by atoms with Gasteiger partial charge in [0.15, 0.2) is 0 Å². The summed E-state index contributed by atoms with van der Waals surface area (Å²) in [6, 6.07) is 28.4. The number of hydrogen-bond acceptors (Lipinski definition) is 2. The molecule has 4 aromatic carbocycles. The highest BCUT2D eigenvalue weighted by molar-refractivity contribution is 6.31. The third kappa shape index (κ3) is 4.88. The van der Waals surface area contributed by atoms with E-state index in [1.165, 1.54) is 6.07 Å². The molecule has 0 fully saturated rings. The Bertz CT molecular complexity index is 1460. The summed E-state index contributed by atoms with van der Waals surface area (Å²) in [5.74, 6) is 0.628. The van der Waals surface area contributed by atoms with Crippen LogP contribution in [0.5, 0.6) is 5.75 Å². The second-order valence-electron chi connectivity index (χ2n) is 8.10. The van der Waals surface area contributed by atoms with Gasteiger partial charge in [0.25, 0.3) is 0 Å². The predicted octanol–water partition coefficient (Wildman–Crippen LogP) is 8.00. The van der Waals surface area contributed by atoms with Gasteiger partial charge in [-0.3, -0.25) is 4.68 Å². The molecule has 5 rings (SSSR count). The number of rotatable bonds is 6. The van der Waals surface area contributed by atoms with E-state index in [-0.39, 0.29) is 5.52 Å². The molecule has 5 aromatic rings. The maximum atomic E-state index is 13.7. The number of benzene rings is 4. The van der Waals surface area contributed by atoms with E-state index in [1.807, 2.05) is 60.7 Å². The van der Waals surface area contributed by atoms with Gasteiger partial charge in [-0.2, -0.15) is 18.3 Å². The fraction of sp³-hybridized carbons (Fsp3) is 0.107. The van der Waals surface area contributed by atoms with Crippen molar-refractivity contribution in [3.63, 3.8) is 0 Å². The average molecular weight is 493 g/mol. The van der Waals surface area contributed by atoms with Crippen LogP contribution >= 0.6 is 11.6 Å². The molecule has 0 spiro atoms. The van der Waals surface area contributed by atoms with Crippen LogP contribution in [0.25, 0.3) is 22.2 Å². The molecule has 1 heterocycles. The number of ether oxygens (including phenoxy) is 1. The van der Waals surface area contributed by atoms with Crippen LogP contribution in [0.1, 0.15) is 16.7 Å². The summed E-state index contributed by atoms with van der Waals surface area (Å²) < 4.78 is 48.7. The summed E-state index contributed by atoms with van der Waals surface area (Å²) in [4.78, 5) is 0. The molecule has 7 heteroatoms. The summed E-state index contributed by atoms with van der Waals surface area (Å²) >= 11 is 6.20. The lowest BCUT2D eigenvalue weighted by Gasteiger charge is -2.11. The highest BCUT2D eigenvalue weighted by Crippen LogP contribution is 2.38. The number of nitrogens with zero attached hydrogens (tertiary/aromatic N) is 2. The largest absolute Gasteiger partial charge is 0.489 e. The number of alkyl halides is 3. The number of halogens is 4. The van der Waals surface area contributed by atoms with E-state index >= 15 is 0 Å². The fourth-order valence-corrected chi connectivity index (χ4v) is 4.23. The zero-order valence-corrected chi connectivity index (χ0v) is 19.2. The first-order valence-corrected chi connectivity index (χ1v) is 11.4. The van der Waals surface area contributed by atoms with Crippen molar-refractivity contribution in [2.24, 2.45) is 0 Å². The summed E-state index contributed by atoms with van der Waals surface area (Å²) in [5.41, 5.74) is 2.35. The SMILES string of the molecule is FC(F)(F)c1cccc2c(-c3ccc(OCc4ccccc4Cl)cc3)n(Cc3ccccc3)nc12. The first-order valence-electron chi connectivity index (χ1n) is 11.0. The van der Waals surface area contributed by atoms with Gasteiger partial charge in [0.05, 0.1) is 17.8 Å². The van der Waals surface area contributed by atoms with Crippen molar-refractivity contribution in [3.8, 4) is 17.0 Å². The van der Waals surface area contributed by atoms with Crippen LogP contribution in [0, 0.1) is 0 Å². The lowest BCUT2D eigenvalue weighted by Crippen LogP contribution is -2.06. The molecule has 0 aliphatic carbocycles. The number of fused-ring (bicyclic) bond motifs is 1. The Morgan fingerprint density at radius 3 is 2.23 bits per heavy atom. The van der Waals surface area contributed by atoms with Crippen molar-refractivity contribution >= 4 is 22.5 Å². The monoisotopic (exact) mass is 492 g/mol. The molecule has 1 aromatic heterocycles. The Labute approximate surface area is 205 Å². The molecule has 0 radical (unpaired) electrons. The van der Waals surface area contributed by atoms with Gasteiger partial charge in [-0.15, -0.1) is 0 Å². The minimum atomic E-state index is -4.50. The smallest absolute Gasteiger partial charge is 0.418 e. The molecule has 0 aliphatic rings. The van der Waals surface area contributed by atoms with Gasteiger partial charge in [0, 0.05) is 21.5 Å². The average Bonchev–Trinajstić information content (AvgIpc) is 3.21. The molecule has 0 N–H and O–H groups in total. The summed E-state index contributed by atoms with van der Waals surface area (Å²) in [6.07, 6.45) is -4.50.